The average molecular weight is 240 g/mol. The van der Waals surface area contributed by atoms with Gasteiger partial charge in [0.05, 0.1) is 19.0 Å². The molecule has 0 spiro atoms. The minimum absolute atomic E-state index is 0.835. The third-order valence-corrected chi connectivity index (χ3v) is 2.60. The Kier molecular flexibility index (Phi) is 3.97. The lowest BCUT2D eigenvalue weighted by molar-refractivity contribution is 0.415. The molecule has 2 aromatic rings. The second-order valence-electron chi connectivity index (χ2n) is 3.88. The second-order valence-corrected chi connectivity index (χ2v) is 3.88. The first-order valence-electron chi connectivity index (χ1n) is 5.76. The summed E-state index contributed by atoms with van der Waals surface area (Å²) in [6, 6.07) is 17.8. The van der Waals surface area contributed by atoms with E-state index in [0.717, 1.165) is 17.0 Å². The molecule has 0 amide bonds. The van der Waals surface area contributed by atoms with Crippen LogP contribution in [-0.2, 0) is 0 Å². The summed E-state index contributed by atoms with van der Waals surface area (Å²) >= 11 is 0. The van der Waals surface area contributed by atoms with E-state index in [1.54, 1.807) is 7.11 Å². The summed E-state index contributed by atoms with van der Waals surface area (Å²) in [6.45, 7) is 0. The predicted molar refractivity (Wildman–Crippen MR) is 75.4 cm³/mol. The van der Waals surface area contributed by atoms with Gasteiger partial charge in [-0.2, -0.15) is 5.10 Å². The molecule has 0 atom stereocenters. The maximum atomic E-state index is 5.17. The van der Waals surface area contributed by atoms with Crippen molar-refractivity contribution in [2.75, 3.05) is 19.2 Å². The molecule has 0 bridgehead atoms. The van der Waals surface area contributed by atoms with E-state index in [1.165, 1.54) is 0 Å². The van der Waals surface area contributed by atoms with E-state index < -0.39 is 0 Å². The van der Waals surface area contributed by atoms with Crippen LogP contribution in [0.15, 0.2) is 59.7 Å². The van der Waals surface area contributed by atoms with Gasteiger partial charge >= 0.3 is 0 Å². The van der Waals surface area contributed by atoms with E-state index in [1.807, 2.05) is 72.9 Å². The molecular weight excluding hydrogens is 224 g/mol. The summed E-state index contributed by atoms with van der Waals surface area (Å²) in [5.74, 6) is 0.835. The number of hydrogen-bond acceptors (Lipinski definition) is 3. The fourth-order valence-electron chi connectivity index (χ4n) is 1.59. The van der Waals surface area contributed by atoms with Crippen LogP contribution in [0.25, 0.3) is 0 Å². The standard InChI is InChI=1S/C15H16N2O/c1-17(14-8-4-3-5-9-14)16-12-13-7-6-10-15(11-13)18-2/h3-12H,1-2H3. The van der Waals surface area contributed by atoms with Gasteiger partial charge in [-0.25, -0.2) is 0 Å². The predicted octanol–water partition coefficient (Wildman–Crippen LogP) is 3.17. The second kappa shape index (κ2) is 5.87. The highest BCUT2D eigenvalue weighted by Crippen LogP contribution is 2.13. The SMILES string of the molecule is COc1cccc(C=NN(C)c2ccccc2)c1. The van der Waals surface area contributed by atoms with Gasteiger partial charge in [-0.1, -0.05) is 30.3 Å². The fourth-order valence-corrected chi connectivity index (χ4v) is 1.59. The Morgan fingerprint density at radius 3 is 2.56 bits per heavy atom. The maximum absolute atomic E-state index is 5.17. The smallest absolute Gasteiger partial charge is 0.119 e. The van der Waals surface area contributed by atoms with Crippen LogP contribution in [0.2, 0.25) is 0 Å². The summed E-state index contributed by atoms with van der Waals surface area (Å²) < 4.78 is 5.17. The summed E-state index contributed by atoms with van der Waals surface area (Å²) in [5.41, 5.74) is 2.06. The molecule has 0 heterocycles. The van der Waals surface area contributed by atoms with Gasteiger partial charge in [-0.3, -0.25) is 5.01 Å². The number of nitrogens with zero attached hydrogens (tertiary/aromatic N) is 2. The van der Waals surface area contributed by atoms with E-state index in [4.69, 9.17) is 4.74 Å². The third-order valence-electron chi connectivity index (χ3n) is 2.60. The van der Waals surface area contributed by atoms with Crippen LogP contribution in [0.3, 0.4) is 0 Å². The zero-order valence-corrected chi connectivity index (χ0v) is 10.6. The van der Waals surface area contributed by atoms with Crippen molar-refractivity contribution < 1.29 is 4.74 Å². The van der Waals surface area contributed by atoms with Crippen LogP contribution < -0.4 is 9.75 Å². The Morgan fingerprint density at radius 2 is 1.83 bits per heavy atom. The number of rotatable bonds is 4. The third kappa shape index (κ3) is 3.10. The molecule has 0 aliphatic carbocycles. The number of hydrazone groups is 1. The van der Waals surface area contributed by atoms with Gasteiger partial charge in [0, 0.05) is 7.05 Å². The average Bonchev–Trinajstić information content (AvgIpc) is 2.46. The van der Waals surface area contributed by atoms with Crippen molar-refractivity contribution in [2.24, 2.45) is 5.10 Å². The Balaban J connectivity index is 2.10. The molecule has 0 N–H and O–H groups in total. The molecule has 3 nitrogen and oxygen atoms in total. The molecular formula is C15H16N2O. The topological polar surface area (TPSA) is 24.8 Å². The number of para-hydroxylation sites is 1. The Bertz CT molecular complexity index is 523. The van der Waals surface area contributed by atoms with Crippen LogP contribution in [0.1, 0.15) is 5.56 Å². The zero-order valence-electron chi connectivity index (χ0n) is 10.6. The maximum Gasteiger partial charge on any atom is 0.119 e. The van der Waals surface area contributed by atoms with Gasteiger partial charge in [-0.05, 0) is 29.8 Å². The summed E-state index contributed by atoms with van der Waals surface area (Å²) in [5, 5.41) is 6.23. The molecule has 3 heteroatoms. The molecule has 0 aliphatic heterocycles. The van der Waals surface area contributed by atoms with Gasteiger partial charge in [0.2, 0.25) is 0 Å². The van der Waals surface area contributed by atoms with Crippen LogP contribution in [0, 0.1) is 0 Å². The van der Waals surface area contributed by atoms with E-state index in [9.17, 15) is 0 Å². The molecule has 0 radical (unpaired) electrons. The van der Waals surface area contributed by atoms with Crippen molar-refractivity contribution in [2.45, 2.75) is 0 Å². The summed E-state index contributed by atoms with van der Waals surface area (Å²) in [7, 11) is 3.58. The van der Waals surface area contributed by atoms with Gasteiger partial charge in [0.15, 0.2) is 0 Å². The van der Waals surface area contributed by atoms with Crippen LogP contribution >= 0.6 is 0 Å². The number of ether oxygens (including phenoxy) is 1. The highest BCUT2D eigenvalue weighted by atomic mass is 16.5. The van der Waals surface area contributed by atoms with E-state index in [0.29, 0.717) is 0 Å². The van der Waals surface area contributed by atoms with Gasteiger partial charge < -0.3 is 4.74 Å². The molecule has 92 valence electrons. The van der Waals surface area contributed by atoms with Crippen molar-refractivity contribution in [3.8, 4) is 5.75 Å². The highest BCUT2D eigenvalue weighted by Gasteiger charge is 1.96. The Labute approximate surface area is 107 Å². The monoisotopic (exact) mass is 240 g/mol. The Hall–Kier alpha value is -2.29. The van der Waals surface area contributed by atoms with E-state index >= 15 is 0 Å². The largest absolute Gasteiger partial charge is 0.497 e. The van der Waals surface area contributed by atoms with E-state index in [-0.39, 0.29) is 0 Å². The molecule has 2 aromatic carbocycles. The first-order valence-corrected chi connectivity index (χ1v) is 5.76. The fraction of sp³-hybridized carbons (Fsp3) is 0.133. The van der Waals surface area contributed by atoms with Crippen LogP contribution in [-0.4, -0.2) is 20.4 Å². The van der Waals surface area contributed by atoms with Crippen molar-refractivity contribution in [3.63, 3.8) is 0 Å². The molecule has 0 saturated carbocycles. The number of anilines is 1. The number of methoxy groups -OCH3 is 1. The van der Waals surface area contributed by atoms with Gasteiger partial charge in [-0.15, -0.1) is 0 Å². The molecule has 0 aromatic heterocycles. The number of hydrogen-bond donors (Lipinski definition) is 0. The van der Waals surface area contributed by atoms with Crippen molar-refractivity contribution in [1.82, 2.24) is 0 Å². The molecule has 2 rings (SSSR count). The molecule has 0 unspecified atom stereocenters. The molecule has 0 saturated heterocycles. The minimum Gasteiger partial charge on any atom is -0.497 e. The van der Waals surface area contributed by atoms with Crippen LogP contribution in [0.4, 0.5) is 5.69 Å². The normalized spacial score (nSPS) is 10.6. The van der Waals surface area contributed by atoms with E-state index in [2.05, 4.69) is 5.10 Å². The zero-order chi connectivity index (χ0) is 12.8. The first-order chi connectivity index (χ1) is 8.79. The molecule has 0 aliphatic rings. The number of benzene rings is 2. The van der Waals surface area contributed by atoms with Crippen molar-refractivity contribution in [3.05, 3.63) is 60.2 Å². The van der Waals surface area contributed by atoms with Crippen molar-refractivity contribution in [1.29, 1.82) is 0 Å². The Morgan fingerprint density at radius 1 is 1.06 bits per heavy atom. The highest BCUT2D eigenvalue weighted by molar-refractivity contribution is 5.81. The lowest BCUT2D eigenvalue weighted by atomic mass is 10.2. The van der Waals surface area contributed by atoms with Gasteiger partial charge in [0.25, 0.3) is 0 Å². The first kappa shape index (κ1) is 12.2. The summed E-state index contributed by atoms with van der Waals surface area (Å²) in [4.78, 5) is 0. The lowest BCUT2D eigenvalue weighted by Crippen LogP contribution is -2.08. The summed E-state index contributed by atoms with van der Waals surface area (Å²) in [6.07, 6.45) is 1.82. The van der Waals surface area contributed by atoms with Crippen LogP contribution in [0.5, 0.6) is 5.75 Å². The van der Waals surface area contributed by atoms with Gasteiger partial charge in [0.1, 0.15) is 5.75 Å². The quantitative estimate of drug-likeness (QED) is 0.605. The lowest BCUT2D eigenvalue weighted by Gasteiger charge is -2.12. The minimum atomic E-state index is 0.835. The molecule has 18 heavy (non-hydrogen) atoms. The molecule has 0 fully saturated rings. The van der Waals surface area contributed by atoms with Crippen molar-refractivity contribution >= 4 is 11.9 Å².